The van der Waals surface area contributed by atoms with Crippen molar-refractivity contribution in [2.75, 3.05) is 0 Å². The monoisotopic (exact) mass is 312 g/mol. The Morgan fingerprint density at radius 3 is 3.23 bits per heavy atom. The lowest BCUT2D eigenvalue weighted by Gasteiger charge is -2.07. The Morgan fingerprint density at radius 2 is 2.41 bits per heavy atom. The van der Waals surface area contributed by atoms with E-state index in [4.69, 9.17) is 0 Å². The third-order valence-corrected chi connectivity index (χ3v) is 5.34. The third kappa shape index (κ3) is 1.91. The summed E-state index contributed by atoms with van der Waals surface area (Å²) >= 11 is 1.69. The van der Waals surface area contributed by atoms with Gasteiger partial charge >= 0.3 is 0 Å². The minimum atomic E-state index is 0. The number of aryl methyl sites for hydroxylation is 1. The Morgan fingerprint density at radius 1 is 1.55 bits per heavy atom. The molecule has 0 fully saturated rings. The van der Waals surface area contributed by atoms with Gasteiger partial charge in [-0.3, -0.25) is 4.79 Å². The molecule has 1 atom stereocenters. The van der Waals surface area contributed by atoms with Crippen LogP contribution in [0.2, 0.25) is 0 Å². The van der Waals surface area contributed by atoms with Crippen molar-refractivity contribution in [3.63, 3.8) is 0 Å². The summed E-state index contributed by atoms with van der Waals surface area (Å²) in [6, 6.07) is 4.10. The molecule has 3 nitrogen and oxygen atoms in total. The molecule has 0 radical (unpaired) electrons. The van der Waals surface area contributed by atoms with E-state index in [-0.39, 0.29) is 7.21 Å². The van der Waals surface area contributed by atoms with E-state index < -0.39 is 0 Å². The molecule has 4 rings (SSSR count). The fourth-order valence-corrected chi connectivity index (χ4v) is 4.23. The van der Waals surface area contributed by atoms with Crippen molar-refractivity contribution < 1.29 is 6.22 Å². The van der Waals surface area contributed by atoms with Crippen LogP contribution in [0.3, 0.4) is 0 Å². The van der Waals surface area contributed by atoms with E-state index in [9.17, 15) is 4.79 Å². The molecule has 1 aliphatic rings. The molecule has 114 valence electrons. The highest BCUT2D eigenvalue weighted by atomic mass is 32.1. The number of rotatable bonds is 3. The van der Waals surface area contributed by atoms with Gasteiger partial charge in [0.05, 0.1) is 5.69 Å². The van der Waals surface area contributed by atoms with Crippen molar-refractivity contribution in [3.05, 3.63) is 45.5 Å². The first-order valence-electron chi connectivity index (χ1n) is 7.70. The molecule has 0 bridgehead atoms. The molecule has 0 spiro atoms. The number of thiophene rings is 1. The van der Waals surface area contributed by atoms with Crippen molar-refractivity contribution >= 4 is 39.5 Å². The molecule has 3 aromatic heterocycles. The molecule has 0 saturated carbocycles. The molecule has 22 heavy (non-hydrogen) atoms. The summed E-state index contributed by atoms with van der Waals surface area (Å²) in [6.07, 6.45) is 7.25. The SMILES string of the molecule is CCn1c(C(=O)c2c[nH]c3c2=CCC(C)C=3)cc2ccsc21.[HH]. The normalized spacial score (nSPS) is 17.1. The van der Waals surface area contributed by atoms with Crippen molar-refractivity contribution in [1.82, 2.24) is 9.55 Å². The minimum absolute atomic E-state index is 0. The first-order valence-corrected chi connectivity index (χ1v) is 8.58. The number of nitrogens with zero attached hydrogens (tertiary/aromatic N) is 1. The maximum absolute atomic E-state index is 13.0. The van der Waals surface area contributed by atoms with E-state index in [1.807, 2.05) is 12.3 Å². The number of aromatic amines is 1. The van der Waals surface area contributed by atoms with Crippen molar-refractivity contribution in [3.8, 4) is 0 Å². The van der Waals surface area contributed by atoms with Gasteiger partial charge in [-0.25, -0.2) is 0 Å². The number of carbonyl (C=O) groups is 1. The van der Waals surface area contributed by atoms with Crippen molar-refractivity contribution in [2.45, 2.75) is 26.8 Å². The van der Waals surface area contributed by atoms with Gasteiger partial charge in [0.25, 0.3) is 0 Å². The fourth-order valence-electron chi connectivity index (χ4n) is 3.27. The Labute approximate surface area is 134 Å². The number of hydrogen-bond acceptors (Lipinski definition) is 2. The number of hydrogen-bond donors (Lipinski definition) is 1. The van der Waals surface area contributed by atoms with Gasteiger partial charge in [-0.15, -0.1) is 11.3 Å². The van der Waals surface area contributed by atoms with Gasteiger partial charge in [0, 0.05) is 35.7 Å². The van der Waals surface area contributed by atoms with Gasteiger partial charge in [0.1, 0.15) is 4.83 Å². The molecule has 0 amide bonds. The van der Waals surface area contributed by atoms with Crippen molar-refractivity contribution in [1.29, 1.82) is 0 Å². The largest absolute Gasteiger partial charge is 0.361 e. The van der Waals surface area contributed by atoms with Gasteiger partial charge in [-0.1, -0.05) is 19.1 Å². The van der Waals surface area contributed by atoms with E-state index in [0.717, 1.165) is 40.2 Å². The molecule has 1 N–H and O–H groups in total. The predicted octanol–water partition coefficient (Wildman–Crippen LogP) is 3.13. The van der Waals surface area contributed by atoms with Crippen LogP contribution in [-0.4, -0.2) is 15.3 Å². The summed E-state index contributed by atoms with van der Waals surface area (Å²) in [5.74, 6) is 0.640. The lowest BCUT2D eigenvalue weighted by Crippen LogP contribution is -2.31. The molecular weight excluding hydrogens is 292 g/mol. The average molecular weight is 312 g/mol. The summed E-state index contributed by atoms with van der Waals surface area (Å²) in [7, 11) is 0. The van der Waals surface area contributed by atoms with Crippen LogP contribution in [0.1, 0.15) is 37.7 Å². The second-order valence-electron chi connectivity index (χ2n) is 5.90. The minimum Gasteiger partial charge on any atom is -0.361 e. The lowest BCUT2D eigenvalue weighted by molar-refractivity contribution is 0.103. The van der Waals surface area contributed by atoms with Crippen LogP contribution in [0.5, 0.6) is 0 Å². The van der Waals surface area contributed by atoms with Crippen LogP contribution in [0.4, 0.5) is 0 Å². The third-order valence-electron chi connectivity index (χ3n) is 4.39. The van der Waals surface area contributed by atoms with Crippen LogP contribution in [0.25, 0.3) is 22.4 Å². The highest BCUT2D eigenvalue weighted by molar-refractivity contribution is 7.16. The van der Waals surface area contributed by atoms with Crippen molar-refractivity contribution in [2.24, 2.45) is 5.92 Å². The molecule has 1 unspecified atom stereocenters. The number of ketones is 1. The molecule has 3 aromatic rings. The topological polar surface area (TPSA) is 37.8 Å². The Hall–Kier alpha value is -2.07. The van der Waals surface area contributed by atoms with E-state index in [2.05, 4.69) is 47.0 Å². The van der Waals surface area contributed by atoms with Gasteiger partial charge in [0.15, 0.2) is 0 Å². The van der Waals surface area contributed by atoms with Gasteiger partial charge in [-0.05, 0) is 36.8 Å². The van der Waals surface area contributed by atoms with Crippen LogP contribution in [0, 0.1) is 5.92 Å². The molecular formula is C18H20N2OS. The van der Waals surface area contributed by atoms with E-state index in [1.54, 1.807) is 11.3 Å². The van der Waals surface area contributed by atoms with Crippen LogP contribution in [-0.2, 0) is 6.54 Å². The van der Waals surface area contributed by atoms with Crippen LogP contribution >= 0.6 is 11.3 Å². The highest BCUT2D eigenvalue weighted by Crippen LogP contribution is 2.26. The Balaban J connectivity index is 0.00000156. The molecule has 3 heterocycles. The first-order chi connectivity index (χ1) is 10.7. The zero-order chi connectivity index (χ0) is 15.3. The zero-order valence-electron chi connectivity index (χ0n) is 12.7. The van der Waals surface area contributed by atoms with E-state index in [0.29, 0.717) is 5.92 Å². The summed E-state index contributed by atoms with van der Waals surface area (Å²) in [6.45, 7) is 5.09. The number of carbonyl (C=O) groups excluding carboxylic acids is 1. The van der Waals surface area contributed by atoms with Crippen LogP contribution in [0.15, 0.2) is 23.7 Å². The first kappa shape index (κ1) is 13.6. The lowest BCUT2D eigenvalue weighted by atomic mass is 10.00. The van der Waals surface area contributed by atoms with Gasteiger partial charge in [0.2, 0.25) is 5.78 Å². The molecule has 0 saturated heterocycles. The molecule has 4 heteroatoms. The molecule has 1 aliphatic carbocycles. The number of aromatic nitrogens is 2. The Bertz CT molecular complexity index is 992. The van der Waals surface area contributed by atoms with Crippen LogP contribution < -0.4 is 10.6 Å². The summed E-state index contributed by atoms with van der Waals surface area (Å²) in [5.41, 5.74) is 1.58. The number of nitrogens with one attached hydrogen (secondary N) is 1. The summed E-state index contributed by atoms with van der Waals surface area (Å²) in [5, 5.41) is 5.38. The van der Waals surface area contributed by atoms with E-state index >= 15 is 0 Å². The second-order valence-corrected chi connectivity index (χ2v) is 6.79. The molecule has 0 aromatic carbocycles. The van der Waals surface area contributed by atoms with Gasteiger partial charge in [-0.2, -0.15) is 0 Å². The highest BCUT2D eigenvalue weighted by Gasteiger charge is 2.20. The zero-order valence-corrected chi connectivity index (χ0v) is 13.5. The average Bonchev–Trinajstić information content (AvgIpc) is 3.19. The number of H-pyrrole nitrogens is 1. The summed E-state index contributed by atoms with van der Waals surface area (Å²) < 4.78 is 2.12. The maximum Gasteiger partial charge on any atom is 0.211 e. The number of fused-ring (bicyclic) bond motifs is 2. The fraction of sp³-hybridized carbons (Fsp3) is 0.278. The quantitative estimate of drug-likeness (QED) is 0.741. The second kappa shape index (κ2) is 4.99. The predicted molar refractivity (Wildman–Crippen MR) is 93.8 cm³/mol. The smallest absolute Gasteiger partial charge is 0.211 e. The summed E-state index contributed by atoms with van der Waals surface area (Å²) in [4.78, 5) is 17.5. The maximum atomic E-state index is 13.0. The van der Waals surface area contributed by atoms with Gasteiger partial charge < -0.3 is 9.55 Å². The Kier molecular flexibility index (Phi) is 3.08. The standard InChI is InChI=1S/C18H18N2OS.H2/c1-3-20-16(9-12-6-7-22-18(12)20)17(21)14-10-19-15-8-11(2)4-5-13(14)15;/h5-11,19H,3-4H2,1-2H3;1H. The van der Waals surface area contributed by atoms with E-state index in [1.165, 1.54) is 4.83 Å². The molecule has 0 aliphatic heterocycles.